The van der Waals surface area contributed by atoms with Gasteiger partial charge in [0.05, 0.1) is 12.8 Å². The molecule has 0 saturated heterocycles. The summed E-state index contributed by atoms with van der Waals surface area (Å²) in [5.74, 6) is 0.0451. The van der Waals surface area contributed by atoms with Crippen molar-refractivity contribution in [3.8, 4) is 5.75 Å². The largest absolute Gasteiger partial charge is 0.495 e. The maximum atomic E-state index is 12.4. The first-order valence-electron chi connectivity index (χ1n) is 7.80. The second-order valence-electron chi connectivity index (χ2n) is 5.06. The molecule has 0 spiro atoms. The van der Waals surface area contributed by atoms with Gasteiger partial charge in [-0.15, -0.1) is 0 Å². The van der Waals surface area contributed by atoms with Gasteiger partial charge in [-0.1, -0.05) is 12.1 Å². The van der Waals surface area contributed by atoms with Crippen molar-refractivity contribution in [2.24, 2.45) is 0 Å². The average molecular weight is 327 g/mol. The van der Waals surface area contributed by atoms with E-state index in [1.165, 1.54) is 19.4 Å². The number of nitrogens with zero attached hydrogens (tertiary/aromatic N) is 2. The molecule has 0 fully saturated rings. The van der Waals surface area contributed by atoms with E-state index in [-0.39, 0.29) is 11.6 Å². The fraction of sp³-hybridized carbons (Fsp3) is 0.278. The Labute approximate surface area is 141 Å². The van der Waals surface area contributed by atoms with Crippen molar-refractivity contribution in [3.05, 3.63) is 53.9 Å². The molecule has 0 aliphatic rings. The number of rotatable bonds is 6. The molecule has 0 unspecified atom stereocenters. The van der Waals surface area contributed by atoms with E-state index in [9.17, 15) is 9.59 Å². The molecule has 2 rings (SSSR count). The van der Waals surface area contributed by atoms with Crippen LogP contribution >= 0.6 is 0 Å². The zero-order chi connectivity index (χ0) is 17.5. The van der Waals surface area contributed by atoms with Crippen molar-refractivity contribution < 1.29 is 14.3 Å². The third-order valence-corrected chi connectivity index (χ3v) is 3.65. The molecule has 2 amide bonds. The summed E-state index contributed by atoms with van der Waals surface area (Å²) in [4.78, 5) is 30.6. The van der Waals surface area contributed by atoms with Gasteiger partial charge < -0.3 is 15.0 Å². The Morgan fingerprint density at radius 2 is 1.88 bits per heavy atom. The normalized spacial score (nSPS) is 10.1. The number of benzene rings is 1. The molecule has 0 saturated carbocycles. The summed E-state index contributed by atoms with van der Waals surface area (Å²) in [7, 11) is 1.53. The number of methoxy groups -OCH3 is 1. The van der Waals surface area contributed by atoms with E-state index >= 15 is 0 Å². The van der Waals surface area contributed by atoms with Gasteiger partial charge in [0.2, 0.25) is 0 Å². The summed E-state index contributed by atoms with van der Waals surface area (Å²) in [6.07, 6.45) is 1.47. The smallest absolute Gasteiger partial charge is 0.274 e. The Morgan fingerprint density at radius 1 is 1.17 bits per heavy atom. The summed E-state index contributed by atoms with van der Waals surface area (Å²) < 4.78 is 5.21. The van der Waals surface area contributed by atoms with E-state index in [0.717, 1.165) is 0 Å². The van der Waals surface area contributed by atoms with Gasteiger partial charge in [0.1, 0.15) is 11.4 Å². The van der Waals surface area contributed by atoms with Gasteiger partial charge in [0.25, 0.3) is 11.8 Å². The number of nitrogens with one attached hydrogen (secondary N) is 1. The minimum Gasteiger partial charge on any atom is -0.495 e. The zero-order valence-electron chi connectivity index (χ0n) is 14.1. The fourth-order valence-corrected chi connectivity index (χ4v) is 2.32. The second-order valence-corrected chi connectivity index (χ2v) is 5.06. The Kier molecular flexibility index (Phi) is 5.89. The zero-order valence-corrected chi connectivity index (χ0v) is 14.1. The summed E-state index contributed by atoms with van der Waals surface area (Å²) >= 11 is 0. The highest BCUT2D eigenvalue weighted by molar-refractivity contribution is 6.05. The Bertz CT molecular complexity index is 727. The molecule has 1 aromatic heterocycles. The number of hydrogen-bond acceptors (Lipinski definition) is 4. The Morgan fingerprint density at radius 3 is 2.54 bits per heavy atom. The third kappa shape index (κ3) is 3.90. The highest BCUT2D eigenvalue weighted by Crippen LogP contribution is 2.23. The lowest BCUT2D eigenvalue weighted by Gasteiger charge is -2.18. The molecular weight excluding hydrogens is 306 g/mol. The first-order chi connectivity index (χ1) is 11.6. The molecule has 0 aliphatic carbocycles. The Balaban J connectivity index is 2.22. The van der Waals surface area contributed by atoms with Crippen molar-refractivity contribution in [2.45, 2.75) is 13.8 Å². The van der Waals surface area contributed by atoms with Crippen LogP contribution in [0.5, 0.6) is 5.75 Å². The van der Waals surface area contributed by atoms with Crippen molar-refractivity contribution in [2.75, 3.05) is 25.5 Å². The molecule has 0 bridgehead atoms. The average Bonchev–Trinajstić information content (AvgIpc) is 2.63. The monoisotopic (exact) mass is 327 g/mol. The summed E-state index contributed by atoms with van der Waals surface area (Å²) in [5.41, 5.74) is 1.17. The van der Waals surface area contributed by atoms with Gasteiger partial charge in [0.15, 0.2) is 0 Å². The topological polar surface area (TPSA) is 71.5 Å². The number of carbonyl (C=O) groups is 2. The van der Waals surface area contributed by atoms with E-state index in [0.29, 0.717) is 30.1 Å². The van der Waals surface area contributed by atoms with Gasteiger partial charge in [-0.25, -0.2) is 0 Å². The molecule has 1 heterocycles. The highest BCUT2D eigenvalue weighted by atomic mass is 16.5. The first kappa shape index (κ1) is 17.5. The SMILES string of the molecule is CCN(CC)C(=O)c1ccnc(C(=O)Nc2ccccc2OC)c1. The maximum Gasteiger partial charge on any atom is 0.274 e. The lowest BCUT2D eigenvalue weighted by molar-refractivity contribution is 0.0773. The lowest BCUT2D eigenvalue weighted by atomic mass is 10.2. The van der Waals surface area contributed by atoms with Gasteiger partial charge >= 0.3 is 0 Å². The van der Waals surface area contributed by atoms with E-state index < -0.39 is 5.91 Å². The predicted molar refractivity (Wildman–Crippen MR) is 92.4 cm³/mol. The van der Waals surface area contributed by atoms with Crippen molar-refractivity contribution >= 4 is 17.5 Å². The lowest BCUT2D eigenvalue weighted by Crippen LogP contribution is -2.30. The van der Waals surface area contributed by atoms with Crippen molar-refractivity contribution in [1.82, 2.24) is 9.88 Å². The molecule has 0 radical (unpaired) electrons. The van der Waals surface area contributed by atoms with Crippen LogP contribution < -0.4 is 10.1 Å². The Hall–Kier alpha value is -2.89. The van der Waals surface area contributed by atoms with Gasteiger partial charge in [0, 0.05) is 24.8 Å². The number of anilines is 1. The number of amides is 2. The summed E-state index contributed by atoms with van der Waals surface area (Å²) in [5, 5.41) is 2.75. The van der Waals surface area contributed by atoms with Gasteiger partial charge in [-0.05, 0) is 38.1 Å². The highest BCUT2D eigenvalue weighted by Gasteiger charge is 2.16. The number of aromatic nitrogens is 1. The minimum absolute atomic E-state index is 0.117. The number of ether oxygens (including phenoxy) is 1. The third-order valence-electron chi connectivity index (χ3n) is 3.65. The molecule has 126 valence electrons. The molecule has 24 heavy (non-hydrogen) atoms. The second kappa shape index (κ2) is 8.10. The van der Waals surface area contributed by atoms with Crippen LogP contribution in [-0.4, -0.2) is 41.9 Å². The van der Waals surface area contributed by atoms with Crippen LogP contribution in [0.1, 0.15) is 34.7 Å². The standard InChI is InChI=1S/C18H21N3O3/c1-4-21(5-2)18(23)13-10-11-19-15(12-13)17(22)20-14-8-6-7-9-16(14)24-3/h6-12H,4-5H2,1-3H3,(H,20,22). The molecule has 1 aromatic carbocycles. The number of hydrogen-bond donors (Lipinski definition) is 1. The molecule has 2 aromatic rings. The van der Waals surface area contributed by atoms with Crippen LogP contribution in [0.2, 0.25) is 0 Å². The number of pyridine rings is 1. The van der Waals surface area contributed by atoms with Crippen molar-refractivity contribution in [3.63, 3.8) is 0 Å². The molecule has 6 nitrogen and oxygen atoms in total. The molecule has 0 aliphatic heterocycles. The predicted octanol–water partition coefficient (Wildman–Crippen LogP) is 2.82. The minimum atomic E-state index is -0.395. The molecule has 6 heteroatoms. The van der Waals surface area contributed by atoms with Crippen LogP contribution in [0.15, 0.2) is 42.6 Å². The number of carbonyl (C=O) groups excluding carboxylic acids is 2. The number of para-hydroxylation sites is 2. The van der Waals surface area contributed by atoms with E-state index in [1.807, 2.05) is 19.9 Å². The maximum absolute atomic E-state index is 12.4. The van der Waals surface area contributed by atoms with E-state index in [4.69, 9.17) is 4.74 Å². The van der Waals surface area contributed by atoms with Crippen LogP contribution in [0, 0.1) is 0 Å². The van der Waals surface area contributed by atoms with Crippen LogP contribution in [0.4, 0.5) is 5.69 Å². The quantitative estimate of drug-likeness (QED) is 0.885. The van der Waals surface area contributed by atoms with Crippen LogP contribution in [0.3, 0.4) is 0 Å². The summed E-state index contributed by atoms with van der Waals surface area (Å²) in [6.45, 7) is 5.05. The summed E-state index contributed by atoms with van der Waals surface area (Å²) in [6, 6.07) is 10.2. The van der Waals surface area contributed by atoms with Crippen molar-refractivity contribution in [1.29, 1.82) is 0 Å². The molecular formula is C18H21N3O3. The molecule has 0 atom stereocenters. The van der Waals surface area contributed by atoms with Gasteiger partial charge in [-0.3, -0.25) is 14.6 Å². The molecule has 1 N–H and O–H groups in total. The van der Waals surface area contributed by atoms with E-state index in [1.54, 1.807) is 29.2 Å². The van der Waals surface area contributed by atoms with E-state index in [2.05, 4.69) is 10.3 Å². The van der Waals surface area contributed by atoms with Crippen LogP contribution in [0.25, 0.3) is 0 Å². The first-order valence-corrected chi connectivity index (χ1v) is 7.80. The fourth-order valence-electron chi connectivity index (χ4n) is 2.32. The van der Waals surface area contributed by atoms with Gasteiger partial charge in [-0.2, -0.15) is 0 Å². The van der Waals surface area contributed by atoms with Crippen LogP contribution in [-0.2, 0) is 0 Å².